The van der Waals surface area contributed by atoms with E-state index in [1.807, 2.05) is 13.8 Å². The van der Waals surface area contributed by atoms with Gasteiger partial charge in [0.25, 0.3) is 0 Å². The zero-order valence-electron chi connectivity index (χ0n) is 9.73. The summed E-state index contributed by atoms with van der Waals surface area (Å²) < 4.78 is 43.9. The largest absolute Gasteiger partial charge is 0.522 e. The van der Waals surface area contributed by atoms with Crippen molar-refractivity contribution in [3.05, 3.63) is 0 Å². The van der Waals surface area contributed by atoms with E-state index in [9.17, 15) is 13.2 Å². The van der Waals surface area contributed by atoms with Gasteiger partial charge in [-0.1, -0.05) is 13.8 Å². The normalized spacial score (nSPS) is 28.9. The van der Waals surface area contributed by atoms with Gasteiger partial charge in [-0.15, -0.1) is 13.2 Å². The summed E-state index contributed by atoms with van der Waals surface area (Å²) in [5, 5.41) is 3.04. The summed E-state index contributed by atoms with van der Waals surface area (Å²) in [7, 11) is 1.65. The molecule has 1 N–H and O–H groups in total. The first kappa shape index (κ1) is 13.7. The molecule has 0 aromatic carbocycles. The molecule has 0 saturated heterocycles. The summed E-state index contributed by atoms with van der Waals surface area (Å²) in [6.07, 6.45) is -3.53. The first-order chi connectivity index (χ1) is 7.27. The Balaban J connectivity index is 2.16. The number of ether oxygens (including phenoxy) is 2. The van der Waals surface area contributed by atoms with Crippen LogP contribution in [0.5, 0.6) is 0 Å². The molecule has 0 aromatic rings. The predicted octanol–water partition coefficient (Wildman–Crippen LogP) is 1.93. The summed E-state index contributed by atoms with van der Waals surface area (Å²) in [6, 6.07) is 0.189. The number of alkyl halides is 3. The van der Waals surface area contributed by atoms with Gasteiger partial charge in [-0.2, -0.15) is 0 Å². The summed E-state index contributed by atoms with van der Waals surface area (Å²) in [6.45, 7) is 3.91. The van der Waals surface area contributed by atoms with Crippen LogP contribution in [0.4, 0.5) is 13.2 Å². The fourth-order valence-corrected chi connectivity index (χ4v) is 2.03. The summed E-state index contributed by atoms with van der Waals surface area (Å²) in [4.78, 5) is 0. The van der Waals surface area contributed by atoms with Crippen LogP contribution in [0.1, 0.15) is 20.3 Å². The van der Waals surface area contributed by atoms with Gasteiger partial charge in [0, 0.05) is 25.1 Å². The van der Waals surface area contributed by atoms with Crippen LogP contribution in [-0.4, -0.2) is 38.8 Å². The number of hydrogen-bond donors (Lipinski definition) is 1. The maximum Gasteiger partial charge on any atom is 0.522 e. The molecule has 0 bridgehead atoms. The van der Waals surface area contributed by atoms with Crippen molar-refractivity contribution in [2.45, 2.75) is 38.8 Å². The minimum absolute atomic E-state index is 0.0347. The fourth-order valence-electron chi connectivity index (χ4n) is 2.03. The molecule has 2 unspecified atom stereocenters. The SMILES string of the molecule is COC1CC(NCCOC(F)(F)F)C1(C)C. The van der Waals surface area contributed by atoms with Gasteiger partial charge < -0.3 is 10.1 Å². The number of rotatable bonds is 5. The van der Waals surface area contributed by atoms with Gasteiger partial charge in [0.2, 0.25) is 0 Å². The molecule has 0 spiro atoms. The first-order valence-electron chi connectivity index (χ1n) is 5.24. The number of nitrogens with one attached hydrogen (secondary N) is 1. The van der Waals surface area contributed by atoms with Gasteiger partial charge in [-0.05, 0) is 6.42 Å². The van der Waals surface area contributed by atoms with Crippen LogP contribution in [0.3, 0.4) is 0 Å². The lowest BCUT2D eigenvalue weighted by Crippen LogP contribution is -2.61. The third kappa shape index (κ3) is 3.33. The third-order valence-corrected chi connectivity index (χ3v) is 3.22. The Morgan fingerprint density at radius 1 is 1.38 bits per heavy atom. The number of halogens is 3. The van der Waals surface area contributed by atoms with E-state index in [1.54, 1.807) is 7.11 Å². The molecule has 1 aliphatic rings. The van der Waals surface area contributed by atoms with Crippen molar-refractivity contribution in [3.8, 4) is 0 Å². The van der Waals surface area contributed by atoms with Crippen molar-refractivity contribution in [2.24, 2.45) is 5.41 Å². The molecule has 1 aliphatic carbocycles. The Labute approximate surface area is 93.3 Å². The van der Waals surface area contributed by atoms with E-state index in [0.29, 0.717) is 0 Å². The van der Waals surface area contributed by atoms with Gasteiger partial charge in [-0.25, -0.2) is 0 Å². The van der Waals surface area contributed by atoms with Crippen LogP contribution in [-0.2, 0) is 9.47 Å². The van der Waals surface area contributed by atoms with Crippen LogP contribution in [0.2, 0.25) is 0 Å². The Morgan fingerprint density at radius 2 is 2.00 bits per heavy atom. The maximum absolute atomic E-state index is 11.7. The van der Waals surface area contributed by atoms with Crippen LogP contribution in [0.15, 0.2) is 0 Å². The molecule has 6 heteroatoms. The highest BCUT2D eigenvalue weighted by molar-refractivity contribution is 5.02. The zero-order chi connectivity index (χ0) is 12.4. The van der Waals surface area contributed by atoms with Gasteiger partial charge in [0.15, 0.2) is 0 Å². The van der Waals surface area contributed by atoms with Gasteiger partial charge in [0.05, 0.1) is 12.7 Å². The second-order valence-corrected chi connectivity index (χ2v) is 4.58. The number of methoxy groups -OCH3 is 1. The van der Waals surface area contributed by atoms with Crippen molar-refractivity contribution in [1.82, 2.24) is 5.32 Å². The standard InChI is InChI=1S/C10H18F3NO2/c1-9(2)7(6-8(9)15-3)14-4-5-16-10(11,12)13/h7-8,14H,4-6H2,1-3H3. The van der Waals surface area contributed by atoms with Crippen LogP contribution < -0.4 is 5.32 Å². The van der Waals surface area contributed by atoms with E-state index in [2.05, 4.69) is 10.1 Å². The molecule has 2 atom stereocenters. The van der Waals surface area contributed by atoms with E-state index >= 15 is 0 Å². The molecule has 3 nitrogen and oxygen atoms in total. The lowest BCUT2D eigenvalue weighted by atomic mass is 9.64. The Morgan fingerprint density at radius 3 is 2.44 bits per heavy atom. The van der Waals surface area contributed by atoms with Gasteiger partial charge in [-0.3, -0.25) is 4.74 Å². The molecule has 0 amide bonds. The van der Waals surface area contributed by atoms with Crippen molar-refractivity contribution < 1.29 is 22.6 Å². The lowest BCUT2D eigenvalue weighted by Gasteiger charge is -2.51. The van der Waals surface area contributed by atoms with E-state index in [0.717, 1.165) is 6.42 Å². The average molecular weight is 241 g/mol. The van der Waals surface area contributed by atoms with Crippen molar-refractivity contribution in [3.63, 3.8) is 0 Å². The smallest absolute Gasteiger partial charge is 0.381 e. The predicted molar refractivity (Wildman–Crippen MR) is 53.0 cm³/mol. The Kier molecular flexibility index (Phi) is 4.20. The van der Waals surface area contributed by atoms with E-state index < -0.39 is 6.36 Å². The Hall–Kier alpha value is -0.330. The highest BCUT2D eigenvalue weighted by Gasteiger charge is 2.48. The van der Waals surface area contributed by atoms with Crippen LogP contribution in [0.25, 0.3) is 0 Å². The third-order valence-electron chi connectivity index (χ3n) is 3.22. The molecule has 1 fully saturated rings. The molecular weight excluding hydrogens is 223 g/mol. The molecular formula is C10H18F3NO2. The Bertz CT molecular complexity index is 231. The highest BCUT2D eigenvalue weighted by Crippen LogP contribution is 2.42. The average Bonchev–Trinajstić information content (AvgIpc) is 2.13. The quantitative estimate of drug-likeness (QED) is 0.746. The van der Waals surface area contributed by atoms with Crippen molar-refractivity contribution >= 4 is 0 Å². The molecule has 0 heterocycles. The van der Waals surface area contributed by atoms with Crippen LogP contribution >= 0.6 is 0 Å². The van der Waals surface area contributed by atoms with E-state index in [-0.39, 0.29) is 30.7 Å². The number of hydrogen-bond acceptors (Lipinski definition) is 3. The topological polar surface area (TPSA) is 30.5 Å². The van der Waals surface area contributed by atoms with Gasteiger partial charge in [0.1, 0.15) is 0 Å². The van der Waals surface area contributed by atoms with E-state index in [4.69, 9.17) is 4.74 Å². The highest BCUT2D eigenvalue weighted by atomic mass is 19.4. The molecule has 96 valence electrons. The zero-order valence-corrected chi connectivity index (χ0v) is 9.73. The molecule has 0 aliphatic heterocycles. The second kappa shape index (κ2) is 4.89. The molecule has 0 aromatic heterocycles. The maximum atomic E-state index is 11.7. The summed E-state index contributed by atoms with van der Waals surface area (Å²) in [5.74, 6) is 0. The fraction of sp³-hybridized carbons (Fsp3) is 1.00. The molecule has 1 rings (SSSR count). The van der Waals surface area contributed by atoms with Crippen LogP contribution in [0, 0.1) is 5.41 Å². The molecule has 1 saturated carbocycles. The van der Waals surface area contributed by atoms with Crippen molar-refractivity contribution in [2.75, 3.05) is 20.3 Å². The first-order valence-corrected chi connectivity index (χ1v) is 5.24. The second-order valence-electron chi connectivity index (χ2n) is 4.58. The summed E-state index contributed by atoms with van der Waals surface area (Å²) in [5.41, 5.74) is -0.0347. The minimum Gasteiger partial charge on any atom is -0.381 e. The van der Waals surface area contributed by atoms with Crippen molar-refractivity contribution in [1.29, 1.82) is 0 Å². The molecule has 16 heavy (non-hydrogen) atoms. The lowest BCUT2D eigenvalue weighted by molar-refractivity contribution is -0.323. The molecule has 0 radical (unpaired) electrons. The summed E-state index contributed by atoms with van der Waals surface area (Å²) >= 11 is 0. The minimum atomic E-state index is -4.54. The monoisotopic (exact) mass is 241 g/mol. The van der Waals surface area contributed by atoms with Gasteiger partial charge >= 0.3 is 6.36 Å². The van der Waals surface area contributed by atoms with E-state index in [1.165, 1.54) is 0 Å².